The van der Waals surface area contributed by atoms with E-state index in [2.05, 4.69) is 25.4 Å². The first-order chi connectivity index (χ1) is 11.8. The van der Waals surface area contributed by atoms with Crippen molar-refractivity contribution in [1.29, 1.82) is 0 Å². The van der Waals surface area contributed by atoms with Gasteiger partial charge in [0.15, 0.2) is 5.82 Å². The number of hydrogen-bond donors (Lipinski definition) is 1. The molecule has 2 aromatic rings. The van der Waals surface area contributed by atoms with Crippen LogP contribution < -0.4 is 15.0 Å². The highest BCUT2D eigenvalue weighted by Gasteiger charge is 2.26. The number of carbonyl (C=O) groups excluding carboxylic acids is 1. The van der Waals surface area contributed by atoms with Crippen LogP contribution in [0, 0.1) is 5.92 Å². The van der Waals surface area contributed by atoms with Gasteiger partial charge < -0.3 is 15.0 Å². The Hall–Kier alpha value is -2.70. The Labute approximate surface area is 141 Å². The van der Waals surface area contributed by atoms with Crippen molar-refractivity contribution in [3.05, 3.63) is 42.2 Å². The Kier molecular flexibility index (Phi) is 5.20. The molecule has 0 bridgehead atoms. The van der Waals surface area contributed by atoms with Crippen LogP contribution in [0.2, 0.25) is 0 Å². The molecule has 1 amide bonds. The first-order valence-electron chi connectivity index (χ1n) is 8.05. The molecule has 0 aromatic carbocycles. The summed E-state index contributed by atoms with van der Waals surface area (Å²) in [5.74, 6) is 1.31. The van der Waals surface area contributed by atoms with Gasteiger partial charge in [-0.05, 0) is 36.6 Å². The predicted molar refractivity (Wildman–Crippen MR) is 89.6 cm³/mol. The highest BCUT2D eigenvalue weighted by Crippen LogP contribution is 2.22. The Balaban J connectivity index is 1.57. The highest BCUT2D eigenvalue weighted by atomic mass is 16.5. The summed E-state index contributed by atoms with van der Waals surface area (Å²) in [6.07, 6.45) is 5.31. The summed E-state index contributed by atoms with van der Waals surface area (Å²) in [5.41, 5.74) is 1.05. The fourth-order valence-corrected chi connectivity index (χ4v) is 2.82. The number of nitrogens with zero attached hydrogens (tertiary/aromatic N) is 4. The summed E-state index contributed by atoms with van der Waals surface area (Å²) in [4.78, 5) is 18.5. The maximum Gasteiger partial charge on any atom is 0.233 e. The van der Waals surface area contributed by atoms with E-state index in [0.29, 0.717) is 19.0 Å². The maximum absolute atomic E-state index is 12.4. The smallest absolute Gasteiger partial charge is 0.233 e. The standard InChI is InChI=1S/C17H21N5O2/c1-24-16-5-4-15(20-21-16)22-10-2-3-14(12-22)17(23)19-11-13-6-8-18-9-7-13/h4-9,14H,2-3,10-12H2,1H3,(H,19,23)/t14-/m0/s1. The van der Waals surface area contributed by atoms with Gasteiger partial charge in [-0.1, -0.05) is 0 Å². The number of methoxy groups -OCH3 is 1. The minimum Gasteiger partial charge on any atom is -0.480 e. The molecule has 0 spiro atoms. The normalized spacial score (nSPS) is 17.4. The van der Waals surface area contributed by atoms with Crippen LogP contribution in [0.4, 0.5) is 5.82 Å². The van der Waals surface area contributed by atoms with E-state index < -0.39 is 0 Å². The van der Waals surface area contributed by atoms with Crippen LogP contribution in [0.15, 0.2) is 36.7 Å². The number of piperidine rings is 1. The number of aromatic nitrogens is 3. The van der Waals surface area contributed by atoms with Crippen LogP contribution in [-0.4, -0.2) is 41.3 Å². The molecule has 0 unspecified atom stereocenters. The zero-order valence-electron chi connectivity index (χ0n) is 13.7. The number of rotatable bonds is 5. The first kappa shape index (κ1) is 16.2. The van der Waals surface area contributed by atoms with Crippen LogP contribution >= 0.6 is 0 Å². The van der Waals surface area contributed by atoms with Gasteiger partial charge >= 0.3 is 0 Å². The quantitative estimate of drug-likeness (QED) is 0.894. The van der Waals surface area contributed by atoms with Crippen molar-refractivity contribution in [2.75, 3.05) is 25.1 Å². The molecule has 1 fully saturated rings. The van der Waals surface area contributed by atoms with Crippen LogP contribution in [0.5, 0.6) is 5.88 Å². The van der Waals surface area contributed by atoms with E-state index in [1.165, 1.54) is 0 Å². The lowest BCUT2D eigenvalue weighted by atomic mass is 9.97. The minimum atomic E-state index is -0.0375. The van der Waals surface area contributed by atoms with Gasteiger partial charge in [-0.3, -0.25) is 9.78 Å². The van der Waals surface area contributed by atoms with Crippen molar-refractivity contribution >= 4 is 11.7 Å². The van der Waals surface area contributed by atoms with Gasteiger partial charge in [0.2, 0.25) is 11.8 Å². The Morgan fingerprint density at radius 3 is 2.83 bits per heavy atom. The molecule has 1 atom stereocenters. The molecule has 1 saturated heterocycles. The Morgan fingerprint density at radius 2 is 2.12 bits per heavy atom. The molecule has 3 rings (SSSR count). The second-order valence-corrected chi connectivity index (χ2v) is 5.79. The fraction of sp³-hybridized carbons (Fsp3) is 0.412. The molecular formula is C17H21N5O2. The predicted octanol–water partition coefficient (Wildman–Crippen LogP) is 1.41. The second-order valence-electron chi connectivity index (χ2n) is 5.79. The van der Waals surface area contributed by atoms with Crippen molar-refractivity contribution in [1.82, 2.24) is 20.5 Å². The van der Waals surface area contributed by atoms with E-state index in [-0.39, 0.29) is 11.8 Å². The van der Waals surface area contributed by atoms with Crippen molar-refractivity contribution in [3.63, 3.8) is 0 Å². The highest BCUT2D eigenvalue weighted by molar-refractivity contribution is 5.79. The second kappa shape index (κ2) is 7.72. The van der Waals surface area contributed by atoms with Gasteiger partial charge in [0.05, 0.1) is 13.0 Å². The largest absolute Gasteiger partial charge is 0.480 e. The molecule has 7 nitrogen and oxygen atoms in total. The van der Waals surface area contributed by atoms with Crippen molar-refractivity contribution < 1.29 is 9.53 Å². The van der Waals surface area contributed by atoms with Gasteiger partial charge in [0, 0.05) is 38.1 Å². The average molecular weight is 327 g/mol. The van der Waals surface area contributed by atoms with Gasteiger partial charge in [0.1, 0.15) is 0 Å². The first-order valence-corrected chi connectivity index (χ1v) is 8.05. The van der Waals surface area contributed by atoms with E-state index in [1.807, 2.05) is 18.2 Å². The number of carbonyl (C=O) groups is 1. The molecule has 3 heterocycles. The molecule has 0 radical (unpaired) electrons. The van der Waals surface area contributed by atoms with Crippen molar-refractivity contribution in [2.24, 2.45) is 5.92 Å². The zero-order valence-corrected chi connectivity index (χ0v) is 13.7. The molecule has 126 valence electrons. The number of ether oxygens (including phenoxy) is 1. The van der Waals surface area contributed by atoms with E-state index in [4.69, 9.17) is 4.74 Å². The molecule has 1 N–H and O–H groups in total. The van der Waals surface area contributed by atoms with Gasteiger partial charge in [-0.2, -0.15) is 0 Å². The average Bonchev–Trinajstić information content (AvgIpc) is 2.67. The topological polar surface area (TPSA) is 80.2 Å². The lowest BCUT2D eigenvalue weighted by Crippen LogP contribution is -2.43. The lowest BCUT2D eigenvalue weighted by molar-refractivity contribution is -0.125. The molecule has 0 saturated carbocycles. The van der Waals surface area contributed by atoms with Gasteiger partial charge in [-0.25, -0.2) is 0 Å². The van der Waals surface area contributed by atoms with Gasteiger partial charge in [0.25, 0.3) is 0 Å². The number of anilines is 1. The third-order valence-electron chi connectivity index (χ3n) is 4.17. The summed E-state index contributed by atoms with van der Waals surface area (Å²) in [7, 11) is 1.56. The molecular weight excluding hydrogens is 306 g/mol. The number of nitrogens with one attached hydrogen (secondary N) is 1. The lowest BCUT2D eigenvalue weighted by Gasteiger charge is -2.32. The summed E-state index contributed by atoms with van der Waals surface area (Å²) < 4.78 is 5.03. The summed E-state index contributed by atoms with van der Waals surface area (Å²) in [5, 5.41) is 11.2. The van der Waals surface area contributed by atoms with Crippen LogP contribution in [0.1, 0.15) is 18.4 Å². The number of amides is 1. The molecule has 1 aliphatic rings. The van der Waals surface area contributed by atoms with E-state index in [9.17, 15) is 4.79 Å². The Morgan fingerprint density at radius 1 is 1.29 bits per heavy atom. The third-order valence-corrected chi connectivity index (χ3v) is 4.17. The maximum atomic E-state index is 12.4. The molecule has 24 heavy (non-hydrogen) atoms. The van der Waals surface area contributed by atoms with Crippen molar-refractivity contribution in [3.8, 4) is 5.88 Å². The molecule has 1 aliphatic heterocycles. The third kappa shape index (κ3) is 3.98. The number of pyridine rings is 1. The van der Waals surface area contributed by atoms with Crippen LogP contribution in [0.3, 0.4) is 0 Å². The molecule has 0 aliphatic carbocycles. The summed E-state index contributed by atoms with van der Waals surface area (Å²) >= 11 is 0. The molecule has 7 heteroatoms. The minimum absolute atomic E-state index is 0.0375. The Bertz CT molecular complexity index is 662. The van der Waals surface area contributed by atoms with Gasteiger partial charge in [-0.15, -0.1) is 10.2 Å². The van der Waals surface area contributed by atoms with Crippen molar-refractivity contribution in [2.45, 2.75) is 19.4 Å². The number of hydrogen-bond acceptors (Lipinski definition) is 6. The van der Waals surface area contributed by atoms with E-state index in [0.717, 1.165) is 30.8 Å². The summed E-state index contributed by atoms with van der Waals surface area (Å²) in [6, 6.07) is 7.47. The monoisotopic (exact) mass is 327 g/mol. The van der Waals surface area contributed by atoms with E-state index in [1.54, 1.807) is 25.6 Å². The van der Waals surface area contributed by atoms with Crippen LogP contribution in [-0.2, 0) is 11.3 Å². The van der Waals surface area contributed by atoms with E-state index >= 15 is 0 Å². The zero-order chi connectivity index (χ0) is 16.8. The SMILES string of the molecule is COc1ccc(N2CCC[C@H](C(=O)NCc3ccncc3)C2)nn1. The summed E-state index contributed by atoms with van der Waals surface area (Å²) in [6.45, 7) is 2.07. The van der Waals surface area contributed by atoms with Crippen LogP contribution in [0.25, 0.3) is 0 Å². The fourth-order valence-electron chi connectivity index (χ4n) is 2.82. The molecule has 2 aromatic heterocycles.